The van der Waals surface area contributed by atoms with E-state index in [2.05, 4.69) is 12.2 Å². The van der Waals surface area contributed by atoms with Gasteiger partial charge >= 0.3 is 5.97 Å². The van der Waals surface area contributed by atoms with Gasteiger partial charge in [0.1, 0.15) is 23.6 Å². The summed E-state index contributed by atoms with van der Waals surface area (Å²) in [5.41, 5.74) is -3.00. The second kappa shape index (κ2) is 22.3. The monoisotopic (exact) mass is 773 g/mol. The molecule has 0 aliphatic carbocycles. The Morgan fingerprint density at radius 1 is 0.944 bits per heavy atom. The predicted molar refractivity (Wildman–Crippen MR) is 207 cm³/mol. The lowest BCUT2D eigenvalue weighted by Crippen LogP contribution is -2.60. The van der Waals surface area contributed by atoms with Gasteiger partial charge in [-0.1, -0.05) is 60.3 Å². The zero-order valence-electron chi connectivity index (χ0n) is 35.5. The van der Waals surface area contributed by atoms with E-state index in [0.717, 1.165) is 25.7 Å². The minimum absolute atomic E-state index is 0.0162. The molecule has 2 heterocycles. The number of cyclic esters (lactones) is 1. The molecular weight excluding hydrogens is 696 g/mol. The van der Waals surface area contributed by atoms with Crippen LogP contribution in [0.3, 0.4) is 0 Å². The Labute approximate surface area is 325 Å². The molecule has 0 saturated carbocycles. The Bertz CT molecular complexity index is 1150. The summed E-state index contributed by atoms with van der Waals surface area (Å²) in [4.78, 5) is 42.4. The van der Waals surface area contributed by atoms with Crippen molar-refractivity contribution in [3.63, 3.8) is 0 Å². The molecule has 0 aromatic heterocycles. The van der Waals surface area contributed by atoms with Crippen molar-refractivity contribution in [2.24, 2.45) is 23.7 Å². The largest absolute Gasteiger partial charge is 0.459 e. The number of hydrogen-bond acceptors (Lipinski definition) is 12. The van der Waals surface area contributed by atoms with Crippen LogP contribution >= 0.6 is 0 Å². The number of carbonyl (C=O) groups is 3. The zero-order chi connectivity index (χ0) is 41.0. The summed E-state index contributed by atoms with van der Waals surface area (Å²) in [6, 6.07) is -0.256. The number of nitrogens with one attached hydrogen (secondary N) is 1. The van der Waals surface area contributed by atoms with Crippen molar-refractivity contribution in [3.05, 3.63) is 0 Å². The molecule has 4 N–H and O–H groups in total. The van der Waals surface area contributed by atoms with E-state index in [1.165, 1.54) is 20.5 Å². The lowest BCUT2D eigenvalue weighted by molar-refractivity contribution is -0.301. The average molecular weight is 773 g/mol. The number of ether oxygens (including phenoxy) is 5. The number of aliphatic hydroxyl groups excluding tert-OH is 2. The minimum Gasteiger partial charge on any atom is -0.459 e. The molecule has 2 saturated heterocycles. The molecule has 13 heteroatoms. The first-order chi connectivity index (χ1) is 25.3. The van der Waals surface area contributed by atoms with E-state index in [-0.39, 0.29) is 43.3 Å². The number of carbonyl (C=O) groups excluding carboxylic acids is 3. The number of methoxy groups -OCH3 is 1. The fourth-order valence-electron chi connectivity index (χ4n) is 8.37. The molecule has 0 unspecified atom stereocenters. The van der Waals surface area contributed by atoms with E-state index >= 15 is 0 Å². The van der Waals surface area contributed by atoms with Crippen molar-refractivity contribution in [3.8, 4) is 0 Å². The van der Waals surface area contributed by atoms with Crippen LogP contribution in [0.25, 0.3) is 0 Å². The lowest BCUT2D eigenvalue weighted by atomic mass is 9.74. The number of ketones is 1. The molecule has 2 aliphatic rings. The van der Waals surface area contributed by atoms with Gasteiger partial charge in [-0.3, -0.25) is 14.4 Å². The van der Waals surface area contributed by atoms with Crippen molar-refractivity contribution >= 4 is 17.7 Å². The van der Waals surface area contributed by atoms with Crippen molar-refractivity contribution in [2.75, 3.05) is 34.4 Å². The van der Waals surface area contributed by atoms with Crippen molar-refractivity contribution in [2.45, 2.75) is 187 Å². The highest BCUT2D eigenvalue weighted by atomic mass is 16.7. The number of hydrogen-bond donors (Lipinski definition) is 4. The minimum atomic E-state index is -1.79. The number of rotatable bonds is 16. The molecule has 13 nitrogen and oxygen atoms in total. The summed E-state index contributed by atoms with van der Waals surface area (Å²) in [5, 5.41) is 38.2. The molecule has 1 amide bonds. The van der Waals surface area contributed by atoms with Gasteiger partial charge in [0.05, 0.1) is 35.9 Å². The number of esters is 1. The SMILES string of the molecule is CCCCCCCC(=O)NCCCO[C@@H]1[C@@H](C)C(=O)[C@H](C)C[C@@](C)(OC)[C@H](O[C@@H]2O[C@H](C)C[C@H](N(C)C)[C@H]2O)[C@@H](C)[C@H](O)[C@@H](C)C(=O)O[C@H](CC)[C@@]1(C)O. The zero-order valence-corrected chi connectivity index (χ0v) is 35.5. The third-order valence-corrected chi connectivity index (χ3v) is 11.9. The first-order valence-corrected chi connectivity index (χ1v) is 20.5. The second-order valence-electron chi connectivity index (χ2n) is 16.8. The maximum absolute atomic E-state index is 14.4. The van der Waals surface area contributed by atoms with E-state index in [9.17, 15) is 29.7 Å². The molecule has 0 aromatic carbocycles. The Kier molecular flexibility index (Phi) is 20.0. The van der Waals surface area contributed by atoms with Gasteiger partial charge in [-0.2, -0.15) is 0 Å². The molecular formula is C41H76N2O11. The van der Waals surface area contributed by atoms with Crippen LogP contribution in [-0.2, 0) is 38.1 Å². The third kappa shape index (κ3) is 12.9. The molecule has 2 aliphatic heterocycles. The van der Waals surface area contributed by atoms with E-state index in [4.69, 9.17) is 23.7 Å². The number of likely N-dealkylation sites (N-methyl/N-ethyl adjacent to an activating group) is 1. The van der Waals surface area contributed by atoms with Crippen LogP contribution in [0.4, 0.5) is 0 Å². The maximum atomic E-state index is 14.4. The molecule has 54 heavy (non-hydrogen) atoms. The smallest absolute Gasteiger partial charge is 0.311 e. The Morgan fingerprint density at radius 3 is 2.19 bits per heavy atom. The van der Waals surface area contributed by atoms with Crippen LogP contribution in [-0.4, -0.2) is 132 Å². The lowest BCUT2D eigenvalue weighted by Gasteiger charge is -2.48. The number of unbranched alkanes of at least 4 members (excludes halogenated alkanes) is 4. The van der Waals surface area contributed by atoms with Crippen LogP contribution in [0, 0.1) is 23.7 Å². The number of Topliss-reactive ketones (excluding diaryl/α,β-unsaturated/α-hetero) is 1. The van der Waals surface area contributed by atoms with Gasteiger partial charge < -0.3 is 49.2 Å². The van der Waals surface area contributed by atoms with Gasteiger partial charge in [-0.05, 0) is 73.9 Å². The van der Waals surface area contributed by atoms with E-state index < -0.39 is 77.7 Å². The van der Waals surface area contributed by atoms with Gasteiger partial charge in [0.25, 0.3) is 0 Å². The first-order valence-electron chi connectivity index (χ1n) is 20.5. The normalized spacial score (nSPS) is 38.9. The van der Waals surface area contributed by atoms with E-state index in [0.29, 0.717) is 25.8 Å². The van der Waals surface area contributed by atoms with Gasteiger partial charge in [0.15, 0.2) is 6.29 Å². The van der Waals surface area contributed by atoms with Crippen LogP contribution in [0.15, 0.2) is 0 Å². The third-order valence-electron chi connectivity index (χ3n) is 11.9. The topological polar surface area (TPSA) is 173 Å². The summed E-state index contributed by atoms with van der Waals surface area (Å²) < 4.78 is 31.2. The fraction of sp³-hybridized carbons (Fsp3) is 0.927. The van der Waals surface area contributed by atoms with Crippen LogP contribution in [0.5, 0.6) is 0 Å². The number of amides is 1. The van der Waals surface area contributed by atoms with Gasteiger partial charge in [0, 0.05) is 50.5 Å². The Balaban J connectivity index is 2.42. The van der Waals surface area contributed by atoms with Crippen molar-refractivity contribution in [1.29, 1.82) is 0 Å². The van der Waals surface area contributed by atoms with E-state index in [1.54, 1.807) is 41.5 Å². The Morgan fingerprint density at radius 2 is 1.59 bits per heavy atom. The highest BCUT2D eigenvalue weighted by Gasteiger charge is 2.52. The fourth-order valence-corrected chi connectivity index (χ4v) is 8.37. The molecule has 0 bridgehead atoms. The summed E-state index contributed by atoms with van der Waals surface area (Å²) in [7, 11) is 5.27. The highest BCUT2D eigenvalue weighted by molar-refractivity contribution is 5.83. The van der Waals surface area contributed by atoms with E-state index in [1.807, 2.05) is 25.9 Å². The summed E-state index contributed by atoms with van der Waals surface area (Å²) in [6.45, 7) is 16.5. The van der Waals surface area contributed by atoms with Crippen LogP contribution in [0.1, 0.15) is 127 Å². The molecule has 0 radical (unpaired) electrons. The van der Waals surface area contributed by atoms with Gasteiger partial charge in [-0.15, -0.1) is 0 Å². The van der Waals surface area contributed by atoms with Crippen molar-refractivity contribution < 1.29 is 53.4 Å². The number of nitrogens with zero attached hydrogens (tertiary/aromatic N) is 1. The predicted octanol–water partition coefficient (Wildman–Crippen LogP) is 4.41. The molecule has 14 atom stereocenters. The van der Waals surface area contributed by atoms with Crippen molar-refractivity contribution in [1.82, 2.24) is 10.2 Å². The van der Waals surface area contributed by atoms with Gasteiger partial charge in [-0.25, -0.2) is 0 Å². The van der Waals surface area contributed by atoms with Crippen LogP contribution in [0.2, 0.25) is 0 Å². The summed E-state index contributed by atoms with van der Waals surface area (Å²) >= 11 is 0. The second-order valence-corrected chi connectivity index (χ2v) is 16.8. The Hall–Kier alpha value is -1.71. The molecule has 0 aromatic rings. The molecule has 0 spiro atoms. The molecule has 316 valence electrons. The summed E-state index contributed by atoms with van der Waals surface area (Å²) in [5.74, 6) is -4.22. The molecule has 2 fully saturated rings. The first kappa shape index (κ1) is 48.4. The van der Waals surface area contributed by atoms with Gasteiger partial charge in [0.2, 0.25) is 5.91 Å². The quantitative estimate of drug-likeness (QED) is 0.129. The van der Waals surface area contributed by atoms with Crippen LogP contribution < -0.4 is 5.32 Å². The summed E-state index contributed by atoms with van der Waals surface area (Å²) in [6.07, 6.45) is 0.472. The maximum Gasteiger partial charge on any atom is 0.311 e. The standard InChI is InChI=1S/C41H76N2O11/c1-13-15-16-17-18-20-32(44)42-21-19-22-51-37-27(5)33(45)25(3)24-40(8,50-12)36(54-39-35(47)30(43(10)11)23-26(4)52-39)28(6)34(46)29(7)38(48)53-31(14-2)41(37,9)49/h25-31,34-37,39,46-47,49H,13-24H2,1-12H3,(H,42,44)/t25-,26-,27+,28+,29-,30+,31-,34+,35-,36-,37-,39+,40-,41-/m1/s1. The average Bonchev–Trinajstić information content (AvgIpc) is 3.12. The number of aliphatic hydroxyl groups is 3. The molecule has 2 rings (SSSR count). The highest BCUT2D eigenvalue weighted by Crippen LogP contribution is 2.39.